The standard InChI is InChI=1S/C30H31N3O5S/c1-35-24-10-9-23(27(15-24)36-2)17-33(16-22-8-11-26-28(14-22)38-20-37-26)18-29-32-25(19-39-29)30(34)31-13-12-21-6-4-3-5-7-21/h3-11,14-15,19H,12-13,16-18,20H2,1-2H3,(H,31,34). The topological polar surface area (TPSA) is 82.2 Å². The minimum atomic E-state index is -0.160. The fraction of sp³-hybridized carbons (Fsp3) is 0.267. The number of methoxy groups -OCH3 is 2. The van der Waals surface area contributed by atoms with Crippen LogP contribution in [0.15, 0.2) is 72.1 Å². The predicted molar refractivity (Wildman–Crippen MR) is 150 cm³/mol. The fourth-order valence-electron chi connectivity index (χ4n) is 4.42. The van der Waals surface area contributed by atoms with E-state index in [-0.39, 0.29) is 12.7 Å². The number of ether oxygens (including phenoxy) is 4. The van der Waals surface area contributed by atoms with E-state index in [4.69, 9.17) is 18.9 Å². The minimum Gasteiger partial charge on any atom is -0.497 e. The Labute approximate surface area is 232 Å². The second-order valence-corrected chi connectivity index (χ2v) is 10.1. The number of rotatable bonds is 12. The van der Waals surface area contributed by atoms with E-state index in [0.29, 0.717) is 31.9 Å². The van der Waals surface area contributed by atoms with Crippen molar-refractivity contribution in [1.82, 2.24) is 15.2 Å². The number of nitrogens with one attached hydrogen (secondary N) is 1. The van der Waals surface area contributed by atoms with Crippen molar-refractivity contribution in [2.45, 2.75) is 26.1 Å². The van der Waals surface area contributed by atoms with Gasteiger partial charge in [0.05, 0.1) is 20.8 Å². The molecule has 0 saturated carbocycles. The van der Waals surface area contributed by atoms with Gasteiger partial charge in [-0.15, -0.1) is 11.3 Å². The second kappa shape index (κ2) is 12.6. The van der Waals surface area contributed by atoms with Crippen LogP contribution in [0.25, 0.3) is 0 Å². The number of fused-ring (bicyclic) bond motifs is 1. The summed E-state index contributed by atoms with van der Waals surface area (Å²) in [4.78, 5) is 19.7. The fourth-order valence-corrected chi connectivity index (χ4v) is 5.24. The summed E-state index contributed by atoms with van der Waals surface area (Å²) < 4.78 is 22.1. The molecule has 3 aromatic carbocycles. The first kappa shape index (κ1) is 26.5. The zero-order valence-electron chi connectivity index (χ0n) is 22.0. The molecule has 1 aliphatic heterocycles. The number of benzene rings is 3. The van der Waals surface area contributed by atoms with E-state index in [2.05, 4.69) is 27.3 Å². The van der Waals surface area contributed by atoms with Gasteiger partial charge in [0, 0.05) is 36.6 Å². The zero-order chi connectivity index (χ0) is 27.0. The van der Waals surface area contributed by atoms with Crippen molar-refractivity contribution in [1.29, 1.82) is 0 Å². The van der Waals surface area contributed by atoms with Crippen LogP contribution in [0.4, 0.5) is 0 Å². The average molecular weight is 546 g/mol. The first-order valence-electron chi connectivity index (χ1n) is 12.7. The molecule has 8 nitrogen and oxygen atoms in total. The Balaban J connectivity index is 1.29. The molecule has 0 spiro atoms. The molecule has 1 N–H and O–H groups in total. The summed E-state index contributed by atoms with van der Waals surface area (Å²) in [5.74, 6) is 2.83. The van der Waals surface area contributed by atoms with Gasteiger partial charge in [-0.25, -0.2) is 4.98 Å². The van der Waals surface area contributed by atoms with Gasteiger partial charge < -0.3 is 24.3 Å². The summed E-state index contributed by atoms with van der Waals surface area (Å²) in [5, 5.41) is 5.66. The molecule has 1 aromatic heterocycles. The van der Waals surface area contributed by atoms with Crippen LogP contribution in [0.3, 0.4) is 0 Å². The normalized spacial score (nSPS) is 12.0. The molecule has 1 aliphatic rings. The Morgan fingerprint density at radius 2 is 1.79 bits per heavy atom. The number of hydrogen-bond acceptors (Lipinski definition) is 8. The number of amides is 1. The van der Waals surface area contributed by atoms with E-state index in [1.54, 1.807) is 14.2 Å². The summed E-state index contributed by atoms with van der Waals surface area (Å²) in [6, 6.07) is 21.9. The highest BCUT2D eigenvalue weighted by atomic mass is 32.1. The molecule has 9 heteroatoms. The third-order valence-electron chi connectivity index (χ3n) is 6.42. The van der Waals surface area contributed by atoms with Gasteiger partial charge in [-0.2, -0.15) is 0 Å². The van der Waals surface area contributed by atoms with Crippen molar-refractivity contribution in [2.75, 3.05) is 27.6 Å². The van der Waals surface area contributed by atoms with Crippen molar-refractivity contribution in [3.05, 3.63) is 99.5 Å². The number of aromatic nitrogens is 1. The monoisotopic (exact) mass is 545 g/mol. The van der Waals surface area contributed by atoms with E-state index in [1.165, 1.54) is 16.9 Å². The highest BCUT2D eigenvalue weighted by molar-refractivity contribution is 7.09. The molecular weight excluding hydrogens is 514 g/mol. The lowest BCUT2D eigenvalue weighted by Gasteiger charge is -2.23. The quantitative estimate of drug-likeness (QED) is 0.266. The number of nitrogens with zero attached hydrogens (tertiary/aromatic N) is 2. The lowest BCUT2D eigenvalue weighted by atomic mass is 10.1. The lowest BCUT2D eigenvalue weighted by Crippen LogP contribution is -2.26. The van der Waals surface area contributed by atoms with E-state index < -0.39 is 0 Å². The van der Waals surface area contributed by atoms with Gasteiger partial charge in [-0.1, -0.05) is 42.5 Å². The van der Waals surface area contributed by atoms with Crippen LogP contribution < -0.4 is 24.3 Å². The number of thiazole rings is 1. The van der Waals surface area contributed by atoms with E-state index >= 15 is 0 Å². The Bertz CT molecular complexity index is 1410. The third kappa shape index (κ3) is 6.87. The molecular formula is C30H31N3O5S. The van der Waals surface area contributed by atoms with Gasteiger partial charge in [0.1, 0.15) is 22.2 Å². The number of carbonyl (C=O) groups excluding carboxylic acids is 1. The molecule has 0 fully saturated rings. The summed E-state index contributed by atoms with van der Waals surface area (Å²) in [6.45, 7) is 2.61. The van der Waals surface area contributed by atoms with E-state index in [1.807, 2.05) is 60.0 Å². The van der Waals surface area contributed by atoms with Crippen LogP contribution in [0, 0.1) is 0 Å². The Kier molecular flexibility index (Phi) is 8.60. The van der Waals surface area contributed by atoms with Crippen molar-refractivity contribution >= 4 is 17.2 Å². The molecule has 0 aliphatic carbocycles. The van der Waals surface area contributed by atoms with Crippen LogP contribution in [-0.4, -0.2) is 43.3 Å². The Morgan fingerprint density at radius 3 is 2.62 bits per heavy atom. The molecule has 1 amide bonds. The molecule has 4 aromatic rings. The highest BCUT2D eigenvalue weighted by Crippen LogP contribution is 2.33. The second-order valence-electron chi connectivity index (χ2n) is 9.13. The maximum atomic E-state index is 12.7. The molecule has 0 radical (unpaired) electrons. The van der Waals surface area contributed by atoms with Gasteiger partial charge in [0.15, 0.2) is 11.5 Å². The first-order chi connectivity index (χ1) is 19.1. The molecule has 2 heterocycles. The Hall–Kier alpha value is -4.08. The van der Waals surface area contributed by atoms with Gasteiger partial charge in [0.25, 0.3) is 5.91 Å². The smallest absolute Gasteiger partial charge is 0.270 e. The zero-order valence-corrected chi connectivity index (χ0v) is 22.8. The van der Waals surface area contributed by atoms with Crippen molar-refractivity contribution in [3.8, 4) is 23.0 Å². The van der Waals surface area contributed by atoms with Crippen LogP contribution in [-0.2, 0) is 26.1 Å². The van der Waals surface area contributed by atoms with Crippen molar-refractivity contribution in [2.24, 2.45) is 0 Å². The van der Waals surface area contributed by atoms with E-state index in [0.717, 1.165) is 45.6 Å². The Morgan fingerprint density at radius 1 is 0.949 bits per heavy atom. The first-order valence-corrected chi connectivity index (χ1v) is 13.6. The molecule has 0 bridgehead atoms. The summed E-state index contributed by atoms with van der Waals surface area (Å²) >= 11 is 1.48. The average Bonchev–Trinajstić information content (AvgIpc) is 3.63. The van der Waals surface area contributed by atoms with Gasteiger partial charge in [0.2, 0.25) is 6.79 Å². The van der Waals surface area contributed by atoms with Crippen LogP contribution >= 0.6 is 11.3 Å². The van der Waals surface area contributed by atoms with Crippen LogP contribution in [0.2, 0.25) is 0 Å². The lowest BCUT2D eigenvalue weighted by molar-refractivity contribution is 0.0949. The molecule has 202 valence electrons. The summed E-state index contributed by atoms with van der Waals surface area (Å²) in [7, 11) is 3.29. The SMILES string of the molecule is COc1ccc(CN(Cc2ccc3c(c2)OCO3)Cc2nc(C(=O)NCCc3ccccc3)cs2)c(OC)c1. The van der Waals surface area contributed by atoms with Crippen LogP contribution in [0.1, 0.15) is 32.2 Å². The van der Waals surface area contributed by atoms with Gasteiger partial charge in [-0.05, 0) is 35.7 Å². The molecule has 39 heavy (non-hydrogen) atoms. The number of carbonyl (C=O) groups is 1. The maximum Gasteiger partial charge on any atom is 0.270 e. The maximum absolute atomic E-state index is 12.7. The van der Waals surface area contributed by atoms with Gasteiger partial charge in [-0.3, -0.25) is 9.69 Å². The molecule has 0 saturated heterocycles. The summed E-state index contributed by atoms with van der Waals surface area (Å²) in [6.07, 6.45) is 0.774. The van der Waals surface area contributed by atoms with Gasteiger partial charge >= 0.3 is 0 Å². The molecule has 0 atom stereocenters. The molecule has 0 unspecified atom stereocenters. The number of hydrogen-bond donors (Lipinski definition) is 1. The highest BCUT2D eigenvalue weighted by Gasteiger charge is 2.18. The van der Waals surface area contributed by atoms with Crippen molar-refractivity contribution in [3.63, 3.8) is 0 Å². The third-order valence-corrected chi connectivity index (χ3v) is 7.25. The molecule has 5 rings (SSSR count). The van der Waals surface area contributed by atoms with Crippen LogP contribution in [0.5, 0.6) is 23.0 Å². The van der Waals surface area contributed by atoms with E-state index in [9.17, 15) is 4.79 Å². The largest absolute Gasteiger partial charge is 0.497 e. The minimum absolute atomic E-state index is 0.160. The summed E-state index contributed by atoms with van der Waals surface area (Å²) in [5.41, 5.74) is 3.73. The van der Waals surface area contributed by atoms with Crippen molar-refractivity contribution < 1.29 is 23.7 Å². The predicted octanol–water partition coefficient (Wildman–Crippen LogP) is 5.06.